The molecule has 13 heavy (non-hydrogen) atoms. The second-order valence-corrected chi connectivity index (χ2v) is 5.62. The number of alkyl halides is 1. The van der Waals surface area contributed by atoms with Gasteiger partial charge in [0.1, 0.15) is 0 Å². The van der Waals surface area contributed by atoms with Crippen molar-refractivity contribution in [3.63, 3.8) is 0 Å². The van der Waals surface area contributed by atoms with Gasteiger partial charge in [-0.05, 0) is 30.4 Å². The molecule has 0 nitrogen and oxygen atoms in total. The number of aryl methyl sites for hydroxylation is 2. The highest BCUT2D eigenvalue weighted by molar-refractivity contribution is 14.1. The van der Waals surface area contributed by atoms with Crippen LogP contribution in [0.15, 0.2) is 24.3 Å². The summed E-state index contributed by atoms with van der Waals surface area (Å²) in [6.07, 6.45) is 3.64. The van der Waals surface area contributed by atoms with E-state index in [0.29, 0.717) is 0 Å². The van der Waals surface area contributed by atoms with Gasteiger partial charge in [0.25, 0.3) is 0 Å². The Hall–Kier alpha value is -0.0500. The van der Waals surface area contributed by atoms with Gasteiger partial charge in [0.05, 0.1) is 0 Å². The van der Waals surface area contributed by atoms with Gasteiger partial charge in [-0.1, -0.05) is 60.7 Å². The fraction of sp³-hybridized carbons (Fsp3) is 0.500. The lowest BCUT2D eigenvalue weighted by Gasteiger charge is -2.04. The van der Waals surface area contributed by atoms with Crippen molar-refractivity contribution in [3.8, 4) is 0 Å². The van der Waals surface area contributed by atoms with Crippen molar-refractivity contribution < 1.29 is 0 Å². The van der Waals surface area contributed by atoms with E-state index in [1.54, 1.807) is 0 Å². The lowest BCUT2D eigenvalue weighted by atomic mass is 10.1. The second kappa shape index (κ2) is 5.63. The van der Waals surface area contributed by atoms with Crippen LogP contribution in [0, 0.1) is 0 Å². The van der Waals surface area contributed by atoms with Crippen LogP contribution in [0.2, 0.25) is 0 Å². The summed E-state index contributed by atoms with van der Waals surface area (Å²) in [4.78, 5) is 0. The zero-order valence-corrected chi connectivity index (χ0v) is 10.5. The topological polar surface area (TPSA) is 0 Å². The fourth-order valence-electron chi connectivity index (χ4n) is 1.31. The summed E-state index contributed by atoms with van der Waals surface area (Å²) < 4.78 is 0.781. The van der Waals surface area contributed by atoms with E-state index >= 15 is 0 Å². The Labute approximate surface area is 94.9 Å². The molecule has 0 amide bonds. The van der Waals surface area contributed by atoms with Crippen molar-refractivity contribution in [3.05, 3.63) is 35.4 Å². The van der Waals surface area contributed by atoms with Crippen LogP contribution in [0.4, 0.5) is 0 Å². The van der Waals surface area contributed by atoms with Crippen LogP contribution in [0.5, 0.6) is 0 Å². The van der Waals surface area contributed by atoms with Gasteiger partial charge < -0.3 is 0 Å². The Morgan fingerprint density at radius 1 is 1.15 bits per heavy atom. The second-order valence-electron chi connectivity index (χ2n) is 3.49. The van der Waals surface area contributed by atoms with E-state index in [0.717, 1.165) is 10.3 Å². The zero-order chi connectivity index (χ0) is 9.68. The summed E-state index contributed by atoms with van der Waals surface area (Å²) >= 11 is 2.48. The first kappa shape index (κ1) is 11.0. The first-order valence-electron chi connectivity index (χ1n) is 4.94. The third-order valence-corrected chi connectivity index (χ3v) is 2.88. The largest absolute Gasteiger partial charge is 0.0829 e. The summed E-state index contributed by atoms with van der Waals surface area (Å²) in [5.41, 5.74) is 2.91. The highest BCUT2D eigenvalue weighted by Crippen LogP contribution is 2.11. The van der Waals surface area contributed by atoms with Gasteiger partial charge in [-0.3, -0.25) is 0 Å². The third-order valence-electron chi connectivity index (χ3n) is 2.26. The normalized spacial score (nSPS) is 12.8. The Bertz CT molecular complexity index is 236. The Balaban J connectivity index is 2.49. The maximum Gasteiger partial charge on any atom is 0.00844 e. The molecule has 0 aliphatic heterocycles. The predicted octanol–water partition coefficient (Wildman–Crippen LogP) is 4.01. The fourth-order valence-corrected chi connectivity index (χ4v) is 1.62. The van der Waals surface area contributed by atoms with Crippen LogP contribution in [-0.4, -0.2) is 3.92 Å². The summed E-state index contributed by atoms with van der Waals surface area (Å²) in [7, 11) is 0. The average Bonchev–Trinajstić information content (AvgIpc) is 2.15. The molecule has 0 radical (unpaired) electrons. The standard InChI is InChI=1S/C12H17I/c1-3-11-6-8-12(9-7-11)5-4-10(2)13/h6-10H,3-5H2,1-2H3. The summed E-state index contributed by atoms with van der Waals surface area (Å²) in [6.45, 7) is 4.46. The molecule has 0 fully saturated rings. The van der Waals surface area contributed by atoms with E-state index in [1.807, 2.05) is 0 Å². The van der Waals surface area contributed by atoms with Gasteiger partial charge in [-0.2, -0.15) is 0 Å². The Morgan fingerprint density at radius 3 is 2.15 bits per heavy atom. The minimum atomic E-state index is 0.781. The van der Waals surface area contributed by atoms with E-state index in [1.165, 1.54) is 24.0 Å². The van der Waals surface area contributed by atoms with Crippen molar-refractivity contribution in [2.24, 2.45) is 0 Å². The van der Waals surface area contributed by atoms with Crippen molar-refractivity contribution in [1.29, 1.82) is 0 Å². The molecule has 0 aliphatic rings. The molecule has 0 aliphatic carbocycles. The van der Waals surface area contributed by atoms with Crippen LogP contribution >= 0.6 is 22.6 Å². The molecule has 1 atom stereocenters. The van der Waals surface area contributed by atoms with Gasteiger partial charge in [0.2, 0.25) is 0 Å². The van der Waals surface area contributed by atoms with Crippen LogP contribution in [0.3, 0.4) is 0 Å². The molecule has 0 spiro atoms. The van der Waals surface area contributed by atoms with Crippen molar-refractivity contribution in [1.82, 2.24) is 0 Å². The molecule has 0 aromatic heterocycles. The molecule has 0 saturated heterocycles. The number of hydrogen-bond acceptors (Lipinski definition) is 0. The monoisotopic (exact) mass is 288 g/mol. The molecular formula is C12H17I. The maximum absolute atomic E-state index is 2.48. The molecule has 0 saturated carbocycles. The first-order chi connectivity index (χ1) is 6.22. The maximum atomic E-state index is 2.48. The van der Waals surface area contributed by atoms with E-state index in [2.05, 4.69) is 60.7 Å². The lowest BCUT2D eigenvalue weighted by molar-refractivity contribution is 0.832. The van der Waals surface area contributed by atoms with Crippen LogP contribution in [0.25, 0.3) is 0 Å². The quantitative estimate of drug-likeness (QED) is 0.580. The predicted molar refractivity (Wildman–Crippen MR) is 67.6 cm³/mol. The number of benzene rings is 1. The Kier molecular flexibility index (Phi) is 4.78. The number of hydrogen-bond donors (Lipinski definition) is 0. The smallest absolute Gasteiger partial charge is 0.00844 e. The summed E-state index contributed by atoms with van der Waals surface area (Å²) in [6, 6.07) is 9.01. The van der Waals surface area contributed by atoms with Gasteiger partial charge in [0.15, 0.2) is 0 Å². The van der Waals surface area contributed by atoms with Gasteiger partial charge in [-0.25, -0.2) is 0 Å². The molecule has 1 aromatic carbocycles. The van der Waals surface area contributed by atoms with Crippen molar-refractivity contribution in [2.45, 2.75) is 37.0 Å². The van der Waals surface area contributed by atoms with E-state index in [4.69, 9.17) is 0 Å². The first-order valence-corrected chi connectivity index (χ1v) is 6.19. The lowest BCUT2D eigenvalue weighted by Crippen LogP contribution is -1.94. The van der Waals surface area contributed by atoms with Gasteiger partial charge in [-0.15, -0.1) is 0 Å². The minimum absolute atomic E-state index is 0.781. The molecule has 0 heterocycles. The van der Waals surface area contributed by atoms with Crippen LogP contribution in [0.1, 0.15) is 31.4 Å². The molecule has 0 N–H and O–H groups in total. The van der Waals surface area contributed by atoms with Crippen molar-refractivity contribution >= 4 is 22.6 Å². The highest BCUT2D eigenvalue weighted by Gasteiger charge is 1.97. The SMILES string of the molecule is CCc1ccc(CCC(C)I)cc1. The van der Waals surface area contributed by atoms with E-state index < -0.39 is 0 Å². The van der Waals surface area contributed by atoms with E-state index in [-0.39, 0.29) is 0 Å². The molecule has 1 heteroatoms. The molecular weight excluding hydrogens is 271 g/mol. The average molecular weight is 288 g/mol. The van der Waals surface area contributed by atoms with E-state index in [9.17, 15) is 0 Å². The molecule has 0 bridgehead atoms. The molecule has 1 aromatic rings. The Morgan fingerprint density at radius 2 is 1.69 bits per heavy atom. The van der Waals surface area contributed by atoms with Gasteiger partial charge in [0, 0.05) is 3.92 Å². The highest BCUT2D eigenvalue weighted by atomic mass is 127. The zero-order valence-electron chi connectivity index (χ0n) is 8.39. The number of rotatable bonds is 4. The number of halogens is 1. The summed E-state index contributed by atoms with van der Waals surface area (Å²) in [5.74, 6) is 0. The summed E-state index contributed by atoms with van der Waals surface area (Å²) in [5, 5.41) is 0. The van der Waals surface area contributed by atoms with Gasteiger partial charge >= 0.3 is 0 Å². The van der Waals surface area contributed by atoms with Crippen molar-refractivity contribution in [2.75, 3.05) is 0 Å². The molecule has 1 unspecified atom stereocenters. The van der Waals surface area contributed by atoms with Crippen LogP contribution in [-0.2, 0) is 12.8 Å². The third kappa shape index (κ3) is 4.12. The molecule has 1 rings (SSSR count). The van der Waals surface area contributed by atoms with Crippen LogP contribution < -0.4 is 0 Å². The molecule has 72 valence electrons. The minimum Gasteiger partial charge on any atom is -0.0829 e.